The fraction of sp³-hybridized carbons (Fsp3) is 0.231. The van der Waals surface area contributed by atoms with Gasteiger partial charge in [-0.1, -0.05) is 0 Å². The van der Waals surface area contributed by atoms with Crippen molar-refractivity contribution in [1.29, 1.82) is 0 Å². The highest BCUT2D eigenvalue weighted by Gasteiger charge is 2.26. The Kier molecular flexibility index (Phi) is 2.91. The molecule has 0 unspecified atom stereocenters. The van der Waals surface area contributed by atoms with E-state index in [-0.39, 0.29) is 11.8 Å². The standard InChI is InChI=1S/C13H12N3O3/c1-18-10-5-3-9(4-6-10)11-14-15-12(19-11)13(17)16-7-2-8-16/h2-6H,7-8H2,1H3. The number of carbonyl (C=O) groups excluding carboxylic acids is 1. The molecule has 1 saturated heterocycles. The van der Waals surface area contributed by atoms with Gasteiger partial charge in [0.2, 0.25) is 5.89 Å². The van der Waals surface area contributed by atoms with Gasteiger partial charge in [0.1, 0.15) is 5.75 Å². The van der Waals surface area contributed by atoms with E-state index in [4.69, 9.17) is 9.15 Å². The van der Waals surface area contributed by atoms with E-state index >= 15 is 0 Å². The van der Waals surface area contributed by atoms with Crippen molar-refractivity contribution < 1.29 is 13.9 Å². The maximum Gasteiger partial charge on any atom is 0.311 e. The van der Waals surface area contributed by atoms with Crippen molar-refractivity contribution in [3.63, 3.8) is 0 Å². The Bertz CT molecular complexity index is 587. The molecule has 6 nitrogen and oxygen atoms in total. The zero-order chi connectivity index (χ0) is 13.2. The monoisotopic (exact) mass is 258 g/mol. The molecule has 1 aliphatic rings. The number of methoxy groups -OCH3 is 1. The van der Waals surface area contributed by atoms with Crippen LogP contribution in [-0.2, 0) is 0 Å². The molecule has 0 aliphatic carbocycles. The van der Waals surface area contributed by atoms with Crippen LogP contribution >= 0.6 is 0 Å². The van der Waals surface area contributed by atoms with E-state index in [1.54, 1.807) is 36.3 Å². The first-order valence-electron chi connectivity index (χ1n) is 5.87. The van der Waals surface area contributed by atoms with Crippen LogP contribution in [0.15, 0.2) is 28.7 Å². The van der Waals surface area contributed by atoms with Crippen LogP contribution in [0.3, 0.4) is 0 Å². The van der Waals surface area contributed by atoms with E-state index in [1.807, 2.05) is 6.42 Å². The molecule has 2 heterocycles. The summed E-state index contributed by atoms with van der Waals surface area (Å²) in [5.74, 6) is 0.875. The lowest BCUT2D eigenvalue weighted by atomic mass is 10.2. The molecule has 97 valence electrons. The summed E-state index contributed by atoms with van der Waals surface area (Å²) in [6.07, 6.45) is 2.00. The topological polar surface area (TPSA) is 68.5 Å². The number of hydrogen-bond acceptors (Lipinski definition) is 5. The average molecular weight is 258 g/mol. The van der Waals surface area contributed by atoms with Crippen LogP contribution in [0.25, 0.3) is 11.5 Å². The van der Waals surface area contributed by atoms with E-state index in [9.17, 15) is 4.79 Å². The van der Waals surface area contributed by atoms with Crippen LogP contribution in [0.4, 0.5) is 0 Å². The predicted octanol–water partition coefficient (Wildman–Crippen LogP) is 1.41. The molecule has 0 bridgehead atoms. The van der Waals surface area contributed by atoms with Crippen molar-refractivity contribution in [2.75, 3.05) is 20.2 Å². The number of carbonyl (C=O) groups is 1. The van der Waals surface area contributed by atoms with Gasteiger partial charge in [0.15, 0.2) is 0 Å². The minimum absolute atomic E-state index is 0.0268. The Balaban J connectivity index is 1.81. The number of ether oxygens (including phenoxy) is 1. The van der Waals surface area contributed by atoms with Gasteiger partial charge >= 0.3 is 11.8 Å². The minimum Gasteiger partial charge on any atom is -0.497 e. The molecule has 6 heteroatoms. The Morgan fingerprint density at radius 2 is 2.00 bits per heavy atom. The SMILES string of the molecule is COc1ccc(-c2nnc(C(=O)N3C[CH]C3)o2)cc1. The van der Waals surface area contributed by atoms with Crippen LogP contribution in [0.2, 0.25) is 0 Å². The van der Waals surface area contributed by atoms with Gasteiger partial charge < -0.3 is 14.1 Å². The first kappa shape index (κ1) is 11.7. The fourth-order valence-electron chi connectivity index (χ4n) is 1.72. The summed E-state index contributed by atoms with van der Waals surface area (Å²) in [6, 6.07) is 7.20. The summed E-state index contributed by atoms with van der Waals surface area (Å²) in [6.45, 7) is 1.28. The van der Waals surface area contributed by atoms with Crippen molar-refractivity contribution >= 4 is 5.91 Å². The van der Waals surface area contributed by atoms with Crippen LogP contribution in [0.1, 0.15) is 10.7 Å². The molecule has 1 aromatic carbocycles. The third kappa shape index (κ3) is 2.16. The molecule has 3 rings (SSSR count). The van der Waals surface area contributed by atoms with Gasteiger partial charge in [-0.05, 0) is 24.3 Å². The number of hydrogen-bond donors (Lipinski definition) is 0. The molecular formula is C13H12N3O3. The van der Waals surface area contributed by atoms with Gasteiger partial charge in [0.05, 0.1) is 7.11 Å². The van der Waals surface area contributed by atoms with E-state index in [1.165, 1.54) is 0 Å². The maximum atomic E-state index is 11.9. The molecule has 1 aromatic heterocycles. The summed E-state index contributed by atoms with van der Waals surface area (Å²) < 4.78 is 10.5. The summed E-state index contributed by atoms with van der Waals surface area (Å²) in [5.41, 5.74) is 0.752. The first-order valence-corrected chi connectivity index (χ1v) is 5.87. The van der Waals surface area contributed by atoms with Gasteiger partial charge in [0.25, 0.3) is 0 Å². The lowest BCUT2D eigenvalue weighted by molar-refractivity contribution is 0.0681. The molecule has 0 atom stereocenters. The summed E-state index contributed by atoms with van der Waals surface area (Å²) in [4.78, 5) is 13.5. The van der Waals surface area contributed by atoms with Crippen molar-refractivity contribution in [3.8, 4) is 17.2 Å². The molecule has 1 amide bonds. The molecule has 0 N–H and O–H groups in total. The molecule has 1 aliphatic heterocycles. The van der Waals surface area contributed by atoms with E-state index in [0.717, 1.165) is 11.3 Å². The van der Waals surface area contributed by atoms with Crippen molar-refractivity contribution in [3.05, 3.63) is 36.6 Å². The minimum atomic E-state index is -0.227. The lowest BCUT2D eigenvalue weighted by Crippen LogP contribution is -2.42. The summed E-state index contributed by atoms with van der Waals surface area (Å²) in [5, 5.41) is 7.67. The molecule has 0 saturated carbocycles. The van der Waals surface area contributed by atoms with Gasteiger partial charge in [-0.25, -0.2) is 0 Å². The molecule has 2 aromatic rings. The second-order valence-electron chi connectivity index (χ2n) is 4.14. The third-order valence-electron chi connectivity index (χ3n) is 2.93. The molecule has 0 spiro atoms. The largest absolute Gasteiger partial charge is 0.497 e. The molecular weight excluding hydrogens is 246 g/mol. The number of nitrogens with zero attached hydrogens (tertiary/aromatic N) is 3. The Hall–Kier alpha value is -2.37. The van der Waals surface area contributed by atoms with Crippen molar-refractivity contribution in [1.82, 2.24) is 15.1 Å². The van der Waals surface area contributed by atoms with Gasteiger partial charge in [0, 0.05) is 25.1 Å². The molecule has 1 fully saturated rings. The highest BCUT2D eigenvalue weighted by atomic mass is 16.5. The van der Waals surface area contributed by atoms with E-state index in [0.29, 0.717) is 19.0 Å². The normalized spacial score (nSPS) is 14.1. The second kappa shape index (κ2) is 4.72. The van der Waals surface area contributed by atoms with Crippen LogP contribution in [-0.4, -0.2) is 41.2 Å². The van der Waals surface area contributed by atoms with Crippen LogP contribution in [0.5, 0.6) is 5.75 Å². The second-order valence-corrected chi connectivity index (χ2v) is 4.14. The van der Waals surface area contributed by atoms with E-state index in [2.05, 4.69) is 10.2 Å². The smallest absolute Gasteiger partial charge is 0.311 e. The zero-order valence-corrected chi connectivity index (χ0v) is 10.4. The fourth-order valence-corrected chi connectivity index (χ4v) is 1.72. The summed E-state index contributed by atoms with van der Waals surface area (Å²) in [7, 11) is 1.60. The highest BCUT2D eigenvalue weighted by molar-refractivity contribution is 5.90. The predicted molar refractivity (Wildman–Crippen MR) is 66.5 cm³/mol. The number of likely N-dealkylation sites (tertiary alicyclic amines) is 1. The van der Waals surface area contributed by atoms with Gasteiger partial charge in [-0.15, -0.1) is 10.2 Å². The molecule has 19 heavy (non-hydrogen) atoms. The van der Waals surface area contributed by atoms with Gasteiger partial charge in [-0.3, -0.25) is 4.79 Å². The highest BCUT2D eigenvalue weighted by Crippen LogP contribution is 2.22. The van der Waals surface area contributed by atoms with E-state index < -0.39 is 0 Å². The number of aromatic nitrogens is 2. The molecule has 1 radical (unpaired) electrons. The summed E-state index contributed by atoms with van der Waals surface area (Å²) >= 11 is 0. The van der Waals surface area contributed by atoms with Crippen molar-refractivity contribution in [2.24, 2.45) is 0 Å². The Labute approximate surface area is 110 Å². The zero-order valence-electron chi connectivity index (χ0n) is 10.4. The number of benzene rings is 1. The number of amides is 1. The quantitative estimate of drug-likeness (QED) is 0.832. The van der Waals surface area contributed by atoms with Crippen LogP contribution < -0.4 is 4.74 Å². The van der Waals surface area contributed by atoms with Crippen LogP contribution in [0, 0.1) is 6.42 Å². The number of rotatable bonds is 3. The Morgan fingerprint density at radius 1 is 1.26 bits per heavy atom. The van der Waals surface area contributed by atoms with Crippen molar-refractivity contribution in [2.45, 2.75) is 0 Å². The lowest BCUT2D eigenvalue weighted by Gasteiger charge is -2.28. The average Bonchev–Trinajstić information content (AvgIpc) is 2.86. The Morgan fingerprint density at radius 3 is 2.58 bits per heavy atom. The maximum absolute atomic E-state index is 11.9. The van der Waals surface area contributed by atoms with Gasteiger partial charge in [-0.2, -0.15) is 0 Å². The first-order chi connectivity index (χ1) is 9.28. The third-order valence-corrected chi connectivity index (χ3v) is 2.93.